The van der Waals surface area contributed by atoms with Crippen LogP contribution in [0.3, 0.4) is 0 Å². The first kappa shape index (κ1) is 35.7. The van der Waals surface area contributed by atoms with Crippen LogP contribution in [0.4, 0.5) is 21.5 Å². The molecule has 0 aromatic heterocycles. The van der Waals surface area contributed by atoms with Crippen molar-refractivity contribution in [2.24, 2.45) is 23.7 Å². The quantitative estimate of drug-likeness (QED) is 0.0899. The molecule has 6 atom stereocenters. The van der Waals surface area contributed by atoms with Crippen molar-refractivity contribution < 1.29 is 43.1 Å². The Labute approximate surface area is 318 Å². The van der Waals surface area contributed by atoms with Gasteiger partial charge in [0.2, 0.25) is 17.6 Å². The van der Waals surface area contributed by atoms with Crippen molar-refractivity contribution in [3.8, 4) is 17.2 Å². The summed E-state index contributed by atoms with van der Waals surface area (Å²) in [6.45, 7) is 0. The molecule has 4 aliphatic rings. The summed E-state index contributed by atoms with van der Waals surface area (Å²) in [6, 6.07) is 20.1. The number of fused-ring (bicyclic) bond motifs is 4. The molecule has 2 N–H and O–H groups in total. The molecule has 0 spiro atoms. The number of hydrazine groups is 1. The van der Waals surface area contributed by atoms with Crippen molar-refractivity contribution in [2.45, 2.75) is 24.2 Å². The number of halogens is 2. The molecule has 2 aliphatic carbocycles. The van der Waals surface area contributed by atoms with E-state index in [0.717, 1.165) is 9.91 Å². The fourth-order valence-electron chi connectivity index (χ4n) is 9.11. The third kappa shape index (κ3) is 5.34. The molecule has 13 nitrogen and oxygen atoms in total. The van der Waals surface area contributed by atoms with Crippen LogP contribution in [0.25, 0.3) is 0 Å². The summed E-state index contributed by atoms with van der Waals surface area (Å²) in [6.07, 6.45) is 1.90. The molecule has 6 unspecified atom stereocenters. The molecule has 280 valence electrons. The van der Waals surface area contributed by atoms with E-state index in [4.69, 9.17) is 21.1 Å². The molecule has 2 heterocycles. The van der Waals surface area contributed by atoms with Gasteiger partial charge in [-0.1, -0.05) is 41.4 Å². The number of carbonyl (C=O) groups excluding carboxylic acids is 4. The monoisotopic (exact) mass is 766 g/mol. The minimum absolute atomic E-state index is 0.0237. The number of phenols is 1. The van der Waals surface area contributed by atoms with Crippen LogP contribution < -0.4 is 19.8 Å². The first-order valence-electron chi connectivity index (χ1n) is 17.3. The number of nitrogens with zero attached hydrogens (tertiary/aromatic N) is 3. The number of amides is 4. The van der Waals surface area contributed by atoms with Gasteiger partial charge in [-0.15, -0.1) is 0 Å². The minimum Gasteiger partial charge on any atom is -0.502 e. The van der Waals surface area contributed by atoms with Crippen LogP contribution in [-0.2, 0) is 24.6 Å². The van der Waals surface area contributed by atoms with Gasteiger partial charge in [-0.05, 0) is 84.5 Å². The highest BCUT2D eigenvalue weighted by Gasteiger charge is 2.70. The largest absolute Gasteiger partial charge is 0.502 e. The van der Waals surface area contributed by atoms with Gasteiger partial charge in [-0.3, -0.25) is 34.7 Å². The summed E-state index contributed by atoms with van der Waals surface area (Å²) in [5, 5.41) is 23.9. The molecule has 2 saturated heterocycles. The second-order valence-corrected chi connectivity index (χ2v) is 14.4. The number of phenolic OH excluding ortho intramolecular Hbond substituents is 1. The number of benzene rings is 4. The van der Waals surface area contributed by atoms with E-state index >= 15 is 4.79 Å². The number of hydrogen-bond acceptors (Lipinski definition) is 10. The average Bonchev–Trinajstić information content (AvgIpc) is 3.56. The number of ether oxygens (including phenoxy) is 2. The summed E-state index contributed by atoms with van der Waals surface area (Å²) >= 11 is 6.36. The Morgan fingerprint density at radius 3 is 2.22 bits per heavy atom. The minimum atomic E-state index is -1.69. The molecule has 55 heavy (non-hydrogen) atoms. The number of non-ortho nitro benzene ring substituents is 1. The molecule has 4 amide bonds. The van der Waals surface area contributed by atoms with Crippen LogP contribution >= 0.6 is 11.6 Å². The average molecular weight is 767 g/mol. The Kier molecular flexibility index (Phi) is 8.60. The molecule has 8 rings (SSSR count). The van der Waals surface area contributed by atoms with Gasteiger partial charge < -0.3 is 14.6 Å². The highest BCUT2D eigenvalue weighted by Crippen LogP contribution is 2.65. The maximum Gasteiger partial charge on any atom is 0.271 e. The molecule has 0 radical (unpaired) electrons. The van der Waals surface area contributed by atoms with Crippen molar-refractivity contribution >= 4 is 52.3 Å². The van der Waals surface area contributed by atoms with Gasteiger partial charge in [-0.25, -0.2) is 9.29 Å². The van der Waals surface area contributed by atoms with E-state index in [1.54, 1.807) is 36.4 Å². The molecule has 2 aliphatic heterocycles. The highest BCUT2D eigenvalue weighted by molar-refractivity contribution is 6.30. The van der Waals surface area contributed by atoms with Gasteiger partial charge in [0, 0.05) is 23.1 Å². The van der Waals surface area contributed by atoms with Gasteiger partial charge in [0.1, 0.15) is 5.82 Å². The van der Waals surface area contributed by atoms with E-state index in [2.05, 4.69) is 5.43 Å². The SMILES string of the molecule is COc1cc(C2C3=CCC4C(=O)N(c5cccc([N+](=O)[O-])c5)C(=O)C4C3CC3C(=O)N(Nc4ccc(F)cc4)C(=O)C32c2ccc(Cl)cc2)cc(OC)c1O. The van der Waals surface area contributed by atoms with E-state index in [1.165, 1.54) is 62.8 Å². The number of methoxy groups -OCH3 is 2. The van der Waals surface area contributed by atoms with Crippen molar-refractivity contribution in [1.82, 2.24) is 5.01 Å². The van der Waals surface area contributed by atoms with E-state index in [0.29, 0.717) is 21.7 Å². The first-order valence-corrected chi connectivity index (χ1v) is 17.7. The number of carbonyl (C=O) groups is 4. The number of nitro benzene ring substituents is 1. The lowest BCUT2D eigenvalue weighted by Crippen LogP contribution is -2.53. The third-order valence-corrected chi connectivity index (χ3v) is 11.6. The Morgan fingerprint density at radius 1 is 0.909 bits per heavy atom. The van der Waals surface area contributed by atoms with Crippen LogP contribution in [0.5, 0.6) is 17.2 Å². The second-order valence-electron chi connectivity index (χ2n) is 13.9. The maximum atomic E-state index is 15.3. The van der Waals surface area contributed by atoms with Crippen molar-refractivity contribution in [3.63, 3.8) is 0 Å². The molecule has 4 aromatic carbocycles. The number of imide groups is 2. The number of aromatic hydroxyl groups is 1. The van der Waals surface area contributed by atoms with Crippen LogP contribution in [0, 0.1) is 39.6 Å². The predicted octanol–water partition coefficient (Wildman–Crippen LogP) is 6.30. The Morgan fingerprint density at radius 2 is 1.58 bits per heavy atom. The summed E-state index contributed by atoms with van der Waals surface area (Å²) in [7, 11) is 2.71. The van der Waals surface area contributed by atoms with Crippen molar-refractivity contribution in [2.75, 3.05) is 24.5 Å². The standard InChI is InChI=1S/C40H32ClFN4O9/c1-54-31-16-20(17-32(55-2)35(31)47)34-27-14-15-28-33(38(50)44(36(28)48)25-4-3-5-26(18-25)46(52)53)29(27)19-30-37(49)45(43-24-12-10-23(42)11-13-24)39(51)40(30,34)21-6-8-22(41)9-7-21/h3-14,16-18,28-30,33-34,43,47H,15,19H2,1-2H3. The number of allylic oxidation sites excluding steroid dienone is 2. The van der Waals surface area contributed by atoms with Gasteiger partial charge in [0.05, 0.1) is 53.7 Å². The molecule has 0 bridgehead atoms. The molecule has 4 aromatic rings. The number of nitro groups is 1. The zero-order valence-electron chi connectivity index (χ0n) is 29.3. The van der Waals surface area contributed by atoms with E-state index in [-0.39, 0.29) is 47.2 Å². The molecule has 1 saturated carbocycles. The highest BCUT2D eigenvalue weighted by atomic mass is 35.5. The number of nitrogens with one attached hydrogen (secondary N) is 1. The number of anilines is 2. The fourth-order valence-corrected chi connectivity index (χ4v) is 9.24. The van der Waals surface area contributed by atoms with Gasteiger partial charge in [0.15, 0.2) is 11.5 Å². The number of hydrogen-bond donors (Lipinski definition) is 2. The molecular formula is C40H32ClFN4O9. The summed E-state index contributed by atoms with van der Waals surface area (Å²) in [5.41, 5.74) is 2.68. The molecular weight excluding hydrogens is 735 g/mol. The first-order chi connectivity index (χ1) is 26.4. The zero-order chi connectivity index (χ0) is 38.9. The summed E-state index contributed by atoms with van der Waals surface area (Å²) in [4.78, 5) is 70.8. The second kappa shape index (κ2) is 13.2. The van der Waals surface area contributed by atoms with Gasteiger partial charge in [-0.2, -0.15) is 5.01 Å². The Balaban J connectivity index is 1.34. The van der Waals surface area contributed by atoms with E-state index < -0.39 is 69.4 Å². The van der Waals surface area contributed by atoms with E-state index in [9.17, 15) is 34.0 Å². The van der Waals surface area contributed by atoms with Crippen LogP contribution in [0.15, 0.2) is 96.6 Å². The molecule has 3 fully saturated rings. The Bertz CT molecular complexity index is 2310. The lowest BCUT2D eigenvalue weighted by Gasteiger charge is -2.50. The van der Waals surface area contributed by atoms with Gasteiger partial charge >= 0.3 is 0 Å². The van der Waals surface area contributed by atoms with Crippen molar-refractivity contribution in [1.29, 1.82) is 0 Å². The maximum absolute atomic E-state index is 15.3. The Hall–Kier alpha value is -6.28. The van der Waals surface area contributed by atoms with Crippen LogP contribution in [0.1, 0.15) is 29.9 Å². The van der Waals surface area contributed by atoms with Crippen LogP contribution in [-0.4, -0.2) is 52.9 Å². The third-order valence-electron chi connectivity index (χ3n) is 11.4. The van der Waals surface area contributed by atoms with E-state index in [1.807, 2.05) is 6.08 Å². The lowest BCUT2D eigenvalue weighted by molar-refractivity contribution is -0.384. The smallest absolute Gasteiger partial charge is 0.271 e. The topological polar surface area (TPSA) is 169 Å². The molecule has 15 heteroatoms. The fraction of sp³-hybridized carbons (Fsp3) is 0.250. The lowest BCUT2D eigenvalue weighted by atomic mass is 9.49. The predicted molar refractivity (Wildman–Crippen MR) is 196 cm³/mol. The zero-order valence-corrected chi connectivity index (χ0v) is 30.0. The summed E-state index contributed by atoms with van der Waals surface area (Å²) < 4.78 is 25.0. The normalized spacial score (nSPS) is 25.6. The summed E-state index contributed by atoms with van der Waals surface area (Å²) in [5.74, 6) is -7.89. The number of rotatable bonds is 8. The van der Waals surface area contributed by atoms with Gasteiger partial charge in [0.25, 0.3) is 17.5 Å². The van der Waals surface area contributed by atoms with Crippen LogP contribution in [0.2, 0.25) is 5.02 Å². The van der Waals surface area contributed by atoms with Crippen molar-refractivity contribution in [3.05, 3.63) is 129 Å².